The summed E-state index contributed by atoms with van der Waals surface area (Å²) in [7, 11) is 0. The van der Waals surface area contributed by atoms with Crippen LogP contribution in [0.25, 0.3) is 0 Å². The summed E-state index contributed by atoms with van der Waals surface area (Å²) >= 11 is 0. The summed E-state index contributed by atoms with van der Waals surface area (Å²) < 4.78 is 0. The molecule has 3 rings (SSSR count). The SMILES string of the molecule is O=C1c2cccc([N+](=O)[O-])c2CN1CC1CCNCC1. The van der Waals surface area contributed by atoms with Gasteiger partial charge in [0, 0.05) is 12.6 Å². The summed E-state index contributed by atoms with van der Waals surface area (Å²) in [5.74, 6) is 0.427. The van der Waals surface area contributed by atoms with E-state index >= 15 is 0 Å². The number of hydrogen-bond acceptors (Lipinski definition) is 4. The van der Waals surface area contributed by atoms with Crippen molar-refractivity contribution in [1.29, 1.82) is 0 Å². The zero-order valence-corrected chi connectivity index (χ0v) is 11.2. The Kier molecular flexibility index (Phi) is 3.40. The molecule has 6 nitrogen and oxygen atoms in total. The number of rotatable bonds is 3. The van der Waals surface area contributed by atoms with Crippen LogP contribution in [-0.2, 0) is 6.54 Å². The van der Waals surface area contributed by atoms with E-state index in [0.717, 1.165) is 25.9 Å². The minimum Gasteiger partial charge on any atom is -0.334 e. The Bertz CT molecular complexity index is 553. The molecule has 1 aromatic rings. The van der Waals surface area contributed by atoms with Crippen molar-refractivity contribution in [2.24, 2.45) is 5.92 Å². The molecule has 6 heteroatoms. The Morgan fingerprint density at radius 3 is 2.80 bits per heavy atom. The molecular weight excluding hydrogens is 258 g/mol. The number of nitro groups is 1. The Labute approximate surface area is 116 Å². The fourth-order valence-electron chi connectivity index (χ4n) is 3.07. The molecule has 2 aliphatic heterocycles. The first-order chi connectivity index (χ1) is 9.66. The summed E-state index contributed by atoms with van der Waals surface area (Å²) in [6.45, 7) is 3.04. The molecule has 0 radical (unpaired) electrons. The molecule has 0 spiro atoms. The van der Waals surface area contributed by atoms with Gasteiger partial charge >= 0.3 is 0 Å². The number of nitrogens with one attached hydrogen (secondary N) is 1. The first-order valence-corrected chi connectivity index (χ1v) is 6.93. The Morgan fingerprint density at radius 1 is 1.35 bits per heavy atom. The Hall–Kier alpha value is -1.95. The average molecular weight is 275 g/mol. The van der Waals surface area contributed by atoms with Crippen LogP contribution in [0.1, 0.15) is 28.8 Å². The predicted octanol–water partition coefficient (Wildman–Crippen LogP) is 1.55. The number of fused-ring (bicyclic) bond motifs is 1. The van der Waals surface area contributed by atoms with E-state index in [2.05, 4.69) is 5.32 Å². The number of carbonyl (C=O) groups is 1. The summed E-state index contributed by atoms with van der Waals surface area (Å²) in [5, 5.41) is 14.3. The van der Waals surface area contributed by atoms with Gasteiger partial charge in [-0.2, -0.15) is 0 Å². The molecule has 1 aromatic carbocycles. The maximum Gasteiger partial charge on any atom is 0.275 e. The predicted molar refractivity (Wildman–Crippen MR) is 73.4 cm³/mol. The van der Waals surface area contributed by atoms with Crippen LogP contribution in [0, 0.1) is 16.0 Å². The molecule has 2 aliphatic rings. The van der Waals surface area contributed by atoms with Gasteiger partial charge in [0.1, 0.15) is 0 Å². The molecule has 0 aliphatic carbocycles. The van der Waals surface area contributed by atoms with Crippen molar-refractivity contribution in [3.05, 3.63) is 39.4 Å². The van der Waals surface area contributed by atoms with Crippen LogP contribution in [0.15, 0.2) is 18.2 Å². The monoisotopic (exact) mass is 275 g/mol. The number of piperidine rings is 1. The van der Waals surface area contributed by atoms with Gasteiger partial charge in [0.25, 0.3) is 11.6 Å². The quantitative estimate of drug-likeness (QED) is 0.671. The summed E-state index contributed by atoms with van der Waals surface area (Å²) in [6, 6.07) is 4.75. The average Bonchev–Trinajstić information content (AvgIpc) is 2.77. The lowest BCUT2D eigenvalue weighted by atomic mass is 9.98. The number of nitro benzene ring substituents is 1. The van der Waals surface area contributed by atoms with Crippen molar-refractivity contribution < 1.29 is 9.72 Å². The molecule has 1 N–H and O–H groups in total. The van der Waals surface area contributed by atoms with E-state index in [0.29, 0.717) is 30.1 Å². The molecule has 1 saturated heterocycles. The van der Waals surface area contributed by atoms with Gasteiger partial charge in [-0.05, 0) is 37.9 Å². The lowest BCUT2D eigenvalue weighted by Crippen LogP contribution is -2.36. The smallest absolute Gasteiger partial charge is 0.275 e. The van der Waals surface area contributed by atoms with Gasteiger partial charge in [0.15, 0.2) is 0 Å². The van der Waals surface area contributed by atoms with Gasteiger partial charge in [-0.1, -0.05) is 6.07 Å². The van der Waals surface area contributed by atoms with E-state index in [1.807, 2.05) is 0 Å². The van der Waals surface area contributed by atoms with E-state index < -0.39 is 4.92 Å². The minimum atomic E-state index is -0.403. The zero-order valence-electron chi connectivity index (χ0n) is 11.2. The molecule has 0 unspecified atom stereocenters. The molecule has 20 heavy (non-hydrogen) atoms. The highest BCUT2D eigenvalue weighted by Gasteiger charge is 2.34. The molecule has 0 aromatic heterocycles. The molecular formula is C14H17N3O3. The number of benzene rings is 1. The fraction of sp³-hybridized carbons (Fsp3) is 0.500. The van der Waals surface area contributed by atoms with Crippen molar-refractivity contribution in [2.75, 3.05) is 19.6 Å². The zero-order chi connectivity index (χ0) is 14.1. The van der Waals surface area contributed by atoms with Gasteiger partial charge in [0.05, 0.1) is 22.6 Å². The van der Waals surface area contributed by atoms with E-state index in [4.69, 9.17) is 0 Å². The van der Waals surface area contributed by atoms with Crippen molar-refractivity contribution in [2.45, 2.75) is 19.4 Å². The number of hydrogen-bond donors (Lipinski definition) is 1. The van der Waals surface area contributed by atoms with Gasteiger partial charge in [-0.3, -0.25) is 14.9 Å². The number of amides is 1. The second-order valence-corrected chi connectivity index (χ2v) is 5.44. The number of carbonyl (C=O) groups excluding carboxylic acids is 1. The van der Waals surface area contributed by atoms with Crippen LogP contribution >= 0.6 is 0 Å². The third-order valence-electron chi connectivity index (χ3n) is 4.15. The fourth-order valence-corrected chi connectivity index (χ4v) is 3.07. The van der Waals surface area contributed by atoms with Crippen LogP contribution in [0.4, 0.5) is 5.69 Å². The van der Waals surface area contributed by atoms with Gasteiger partial charge in [0.2, 0.25) is 0 Å². The molecule has 2 heterocycles. The molecule has 1 amide bonds. The number of nitrogens with zero attached hydrogens (tertiary/aromatic N) is 2. The third-order valence-corrected chi connectivity index (χ3v) is 4.15. The molecule has 0 atom stereocenters. The van der Waals surface area contributed by atoms with Crippen LogP contribution < -0.4 is 5.32 Å². The van der Waals surface area contributed by atoms with E-state index in [1.165, 1.54) is 6.07 Å². The molecule has 106 valence electrons. The maximum absolute atomic E-state index is 12.3. The molecule has 1 fully saturated rings. The first-order valence-electron chi connectivity index (χ1n) is 6.93. The second-order valence-electron chi connectivity index (χ2n) is 5.44. The van der Waals surface area contributed by atoms with Crippen LogP contribution in [-0.4, -0.2) is 35.4 Å². The maximum atomic E-state index is 12.3. The highest BCUT2D eigenvalue weighted by Crippen LogP contribution is 2.31. The summed E-state index contributed by atoms with van der Waals surface area (Å²) in [5.41, 5.74) is 1.12. The lowest BCUT2D eigenvalue weighted by molar-refractivity contribution is -0.385. The van der Waals surface area contributed by atoms with Crippen LogP contribution in [0.5, 0.6) is 0 Å². The Balaban J connectivity index is 1.79. The standard InChI is InChI=1S/C14H17N3O3/c18-14-11-2-1-3-13(17(19)20)12(11)9-16(14)8-10-4-6-15-7-5-10/h1-3,10,15H,4-9H2. The molecule has 0 bridgehead atoms. The molecule has 0 saturated carbocycles. The van der Waals surface area contributed by atoms with Gasteiger partial charge < -0.3 is 10.2 Å². The van der Waals surface area contributed by atoms with E-state index in [9.17, 15) is 14.9 Å². The van der Waals surface area contributed by atoms with Crippen molar-refractivity contribution in [3.63, 3.8) is 0 Å². The van der Waals surface area contributed by atoms with Crippen molar-refractivity contribution >= 4 is 11.6 Å². The topological polar surface area (TPSA) is 75.5 Å². The van der Waals surface area contributed by atoms with E-state index in [1.54, 1.807) is 17.0 Å². The summed E-state index contributed by atoms with van der Waals surface area (Å²) in [4.78, 5) is 24.7. The second kappa shape index (κ2) is 5.20. The van der Waals surface area contributed by atoms with Crippen LogP contribution in [0.3, 0.4) is 0 Å². The van der Waals surface area contributed by atoms with Gasteiger partial charge in [-0.25, -0.2) is 0 Å². The van der Waals surface area contributed by atoms with Crippen molar-refractivity contribution in [3.8, 4) is 0 Å². The first kappa shape index (κ1) is 13.1. The largest absolute Gasteiger partial charge is 0.334 e. The normalized spacial score (nSPS) is 19.2. The summed E-state index contributed by atoms with van der Waals surface area (Å²) in [6.07, 6.45) is 2.12. The van der Waals surface area contributed by atoms with Crippen molar-refractivity contribution in [1.82, 2.24) is 10.2 Å². The minimum absolute atomic E-state index is 0.0589. The van der Waals surface area contributed by atoms with Gasteiger partial charge in [-0.15, -0.1) is 0 Å². The lowest BCUT2D eigenvalue weighted by Gasteiger charge is -2.27. The van der Waals surface area contributed by atoms with E-state index in [-0.39, 0.29) is 11.6 Å². The highest BCUT2D eigenvalue weighted by molar-refractivity contribution is 5.99. The van der Waals surface area contributed by atoms with Crippen LogP contribution in [0.2, 0.25) is 0 Å². The Morgan fingerprint density at radius 2 is 2.10 bits per heavy atom. The highest BCUT2D eigenvalue weighted by atomic mass is 16.6. The third kappa shape index (κ3) is 2.27.